The highest BCUT2D eigenvalue weighted by Crippen LogP contribution is 2.27. The molecule has 0 fully saturated rings. The Morgan fingerprint density at radius 3 is 2.40 bits per heavy atom. The van der Waals surface area contributed by atoms with E-state index in [0.717, 1.165) is 18.4 Å². The van der Waals surface area contributed by atoms with E-state index in [1.165, 1.54) is 6.07 Å². The molecule has 20 heavy (non-hydrogen) atoms. The van der Waals surface area contributed by atoms with Gasteiger partial charge >= 0.3 is 0 Å². The molecule has 0 aliphatic rings. The zero-order valence-electron chi connectivity index (χ0n) is 12.4. The number of nitrogens with two attached hydrogens (primary N) is 1. The highest BCUT2D eigenvalue weighted by Gasteiger charge is 2.21. The number of anilines is 1. The Balaban J connectivity index is 2.92. The number of halogens is 1. The highest BCUT2D eigenvalue weighted by atomic mass is 35.5. The summed E-state index contributed by atoms with van der Waals surface area (Å²) in [6.07, 6.45) is 1.75. The topological polar surface area (TPSA) is 72.2 Å². The molecule has 0 saturated heterocycles. The predicted molar refractivity (Wildman–Crippen MR) is 84.5 cm³/mol. The van der Waals surface area contributed by atoms with Crippen LogP contribution in [0.1, 0.15) is 39.2 Å². The van der Waals surface area contributed by atoms with Crippen molar-refractivity contribution in [2.75, 3.05) is 5.73 Å². The molecule has 0 radical (unpaired) electrons. The molecule has 1 unspecified atom stereocenters. The van der Waals surface area contributed by atoms with Gasteiger partial charge in [0.2, 0.25) is 10.0 Å². The number of hydrogen-bond acceptors (Lipinski definition) is 3. The van der Waals surface area contributed by atoms with Gasteiger partial charge in [0.15, 0.2) is 0 Å². The van der Waals surface area contributed by atoms with E-state index < -0.39 is 10.0 Å². The third-order valence-corrected chi connectivity index (χ3v) is 5.20. The second-order valence-corrected chi connectivity index (χ2v) is 7.72. The van der Waals surface area contributed by atoms with Crippen LogP contribution in [0.25, 0.3) is 0 Å². The van der Waals surface area contributed by atoms with Crippen molar-refractivity contribution >= 4 is 27.3 Å². The van der Waals surface area contributed by atoms with Gasteiger partial charge < -0.3 is 5.73 Å². The van der Waals surface area contributed by atoms with Crippen LogP contribution in [0.3, 0.4) is 0 Å². The maximum absolute atomic E-state index is 12.3. The van der Waals surface area contributed by atoms with Crippen LogP contribution in [0.2, 0.25) is 5.02 Å². The van der Waals surface area contributed by atoms with Gasteiger partial charge in [-0.2, -0.15) is 0 Å². The summed E-state index contributed by atoms with van der Waals surface area (Å²) in [6.45, 7) is 7.86. The first-order valence-electron chi connectivity index (χ1n) is 6.71. The van der Waals surface area contributed by atoms with E-state index in [2.05, 4.69) is 18.6 Å². The largest absolute Gasteiger partial charge is 0.398 e. The maximum atomic E-state index is 12.3. The molecular formula is C14H23ClN2O2S. The van der Waals surface area contributed by atoms with Crippen LogP contribution in [-0.2, 0) is 10.0 Å². The van der Waals surface area contributed by atoms with Crippen LogP contribution in [0.4, 0.5) is 5.69 Å². The van der Waals surface area contributed by atoms with Gasteiger partial charge in [0, 0.05) is 11.7 Å². The Morgan fingerprint density at radius 1 is 1.25 bits per heavy atom. The van der Waals surface area contributed by atoms with Crippen LogP contribution in [0, 0.1) is 12.8 Å². The Morgan fingerprint density at radius 2 is 1.85 bits per heavy atom. The molecule has 0 heterocycles. The number of benzene rings is 1. The van der Waals surface area contributed by atoms with Gasteiger partial charge in [-0.15, -0.1) is 0 Å². The molecule has 1 aromatic rings. The highest BCUT2D eigenvalue weighted by molar-refractivity contribution is 7.89. The number of hydrogen-bond donors (Lipinski definition) is 2. The molecule has 114 valence electrons. The van der Waals surface area contributed by atoms with Gasteiger partial charge in [0.05, 0.1) is 5.02 Å². The molecule has 0 bridgehead atoms. The third kappa shape index (κ3) is 4.65. The van der Waals surface area contributed by atoms with Crippen molar-refractivity contribution in [3.63, 3.8) is 0 Å². The monoisotopic (exact) mass is 318 g/mol. The fourth-order valence-electron chi connectivity index (χ4n) is 1.85. The molecule has 0 spiro atoms. The third-order valence-electron chi connectivity index (χ3n) is 3.14. The number of rotatable bonds is 6. The van der Waals surface area contributed by atoms with E-state index in [-0.39, 0.29) is 16.0 Å². The smallest absolute Gasteiger partial charge is 0.242 e. The molecule has 1 atom stereocenters. The lowest BCUT2D eigenvalue weighted by atomic mass is 10.1. The summed E-state index contributed by atoms with van der Waals surface area (Å²) < 4.78 is 27.3. The van der Waals surface area contributed by atoms with Crippen molar-refractivity contribution in [1.82, 2.24) is 4.72 Å². The van der Waals surface area contributed by atoms with Gasteiger partial charge in [-0.05, 0) is 50.3 Å². The molecule has 0 aliphatic carbocycles. The van der Waals surface area contributed by atoms with Crippen molar-refractivity contribution in [2.45, 2.75) is 51.5 Å². The Kier molecular flexibility index (Phi) is 5.86. The van der Waals surface area contributed by atoms with Gasteiger partial charge in [-0.3, -0.25) is 0 Å². The lowest BCUT2D eigenvalue weighted by molar-refractivity contribution is 0.485. The molecule has 0 amide bonds. The molecule has 6 heteroatoms. The summed E-state index contributed by atoms with van der Waals surface area (Å²) in [5.41, 5.74) is 6.95. The van der Waals surface area contributed by atoms with Gasteiger partial charge in [-0.25, -0.2) is 13.1 Å². The van der Waals surface area contributed by atoms with Gasteiger partial charge in [0.25, 0.3) is 0 Å². The van der Waals surface area contributed by atoms with Crippen LogP contribution < -0.4 is 10.5 Å². The Hall–Kier alpha value is -0.780. The van der Waals surface area contributed by atoms with Crippen LogP contribution >= 0.6 is 11.6 Å². The zero-order chi connectivity index (χ0) is 15.5. The number of nitrogens with one attached hydrogen (secondary N) is 1. The quantitative estimate of drug-likeness (QED) is 0.790. The summed E-state index contributed by atoms with van der Waals surface area (Å²) in [5.74, 6) is 0.542. The van der Waals surface area contributed by atoms with E-state index in [4.69, 9.17) is 17.3 Å². The first kappa shape index (κ1) is 17.3. The minimum Gasteiger partial charge on any atom is -0.398 e. The molecule has 1 aromatic carbocycles. The van der Waals surface area contributed by atoms with Crippen molar-refractivity contribution in [2.24, 2.45) is 5.92 Å². The summed E-state index contributed by atoms with van der Waals surface area (Å²) in [7, 11) is -3.64. The normalized spacial score (nSPS) is 13.7. The maximum Gasteiger partial charge on any atom is 0.242 e. The lowest BCUT2D eigenvalue weighted by Gasteiger charge is -2.16. The van der Waals surface area contributed by atoms with E-state index >= 15 is 0 Å². The molecule has 3 N–H and O–H groups in total. The summed E-state index contributed by atoms with van der Waals surface area (Å²) in [5, 5.41) is 0.195. The average Bonchev–Trinajstić information content (AvgIpc) is 2.30. The van der Waals surface area contributed by atoms with Crippen molar-refractivity contribution in [1.29, 1.82) is 0 Å². The molecular weight excluding hydrogens is 296 g/mol. The Labute approximate surface area is 126 Å². The van der Waals surface area contributed by atoms with Crippen molar-refractivity contribution in [3.05, 3.63) is 22.7 Å². The van der Waals surface area contributed by atoms with Crippen LogP contribution in [-0.4, -0.2) is 14.5 Å². The van der Waals surface area contributed by atoms with Gasteiger partial charge in [0.1, 0.15) is 4.90 Å². The standard InChI is InChI=1S/C14H23ClN2O2S/c1-9(2)5-6-11(4)17-20(18,19)14-8-13(16)10(3)7-12(14)15/h7-9,11,17H,5-6,16H2,1-4H3. The van der Waals surface area contributed by atoms with Gasteiger partial charge in [-0.1, -0.05) is 25.4 Å². The fraction of sp³-hybridized carbons (Fsp3) is 0.571. The second-order valence-electron chi connectivity index (χ2n) is 5.63. The van der Waals surface area contributed by atoms with Crippen LogP contribution in [0.15, 0.2) is 17.0 Å². The molecule has 4 nitrogen and oxygen atoms in total. The number of sulfonamides is 1. The minimum absolute atomic E-state index is 0.0404. The van der Waals surface area contributed by atoms with E-state index in [0.29, 0.717) is 11.6 Å². The summed E-state index contributed by atoms with van der Waals surface area (Å²) in [4.78, 5) is 0.0404. The fourth-order valence-corrected chi connectivity index (χ4v) is 3.74. The van der Waals surface area contributed by atoms with E-state index in [1.807, 2.05) is 6.92 Å². The molecule has 0 aromatic heterocycles. The molecule has 0 saturated carbocycles. The van der Waals surface area contributed by atoms with Crippen LogP contribution in [0.5, 0.6) is 0 Å². The SMILES string of the molecule is Cc1cc(Cl)c(S(=O)(=O)NC(C)CCC(C)C)cc1N. The van der Waals surface area contributed by atoms with Crippen molar-refractivity contribution < 1.29 is 8.42 Å². The van der Waals surface area contributed by atoms with E-state index in [1.54, 1.807) is 13.0 Å². The summed E-state index contributed by atoms with van der Waals surface area (Å²) in [6, 6.07) is 2.85. The minimum atomic E-state index is -3.64. The molecule has 1 rings (SSSR count). The Bertz CT molecular complexity index is 571. The number of nitrogen functional groups attached to an aromatic ring is 1. The summed E-state index contributed by atoms with van der Waals surface area (Å²) >= 11 is 6.02. The second kappa shape index (κ2) is 6.78. The lowest BCUT2D eigenvalue weighted by Crippen LogP contribution is -2.33. The zero-order valence-corrected chi connectivity index (χ0v) is 14.0. The predicted octanol–water partition coefficient (Wildman–Crippen LogP) is 3.33. The number of aryl methyl sites for hydroxylation is 1. The van der Waals surface area contributed by atoms with E-state index in [9.17, 15) is 8.42 Å². The average molecular weight is 319 g/mol. The van der Waals surface area contributed by atoms with Crippen molar-refractivity contribution in [3.8, 4) is 0 Å². The first-order valence-corrected chi connectivity index (χ1v) is 8.57. The molecule has 0 aliphatic heterocycles. The first-order chi connectivity index (χ1) is 9.13.